The number of nitrogens with zero attached hydrogens (tertiary/aromatic N) is 2. The summed E-state index contributed by atoms with van der Waals surface area (Å²) in [5.41, 5.74) is 0.691. The van der Waals surface area contributed by atoms with Gasteiger partial charge in [0.2, 0.25) is 16.8 Å². The highest BCUT2D eigenvalue weighted by Gasteiger charge is 2.13. The molecule has 2 rings (SSSR count). The van der Waals surface area contributed by atoms with Crippen LogP contribution in [0.4, 0.5) is 5.13 Å². The third-order valence-corrected chi connectivity index (χ3v) is 5.24. The van der Waals surface area contributed by atoms with Gasteiger partial charge in [-0.2, -0.15) is 0 Å². The van der Waals surface area contributed by atoms with Crippen molar-refractivity contribution in [2.45, 2.75) is 4.34 Å². The summed E-state index contributed by atoms with van der Waals surface area (Å²) >= 11 is 2.35. The maximum Gasteiger partial charge on any atom is 0.316 e. The van der Waals surface area contributed by atoms with Gasteiger partial charge >= 0.3 is 5.97 Å². The Morgan fingerprint density at radius 2 is 1.79 bits per heavy atom. The minimum atomic E-state index is -0.380. The predicted octanol–water partition coefficient (Wildman–Crippen LogP) is 2.48. The van der Waals surface area contributed by atoms with Crippen LogP contribution in [-0.2, 0) is 14.3 Å². The average Bonchev–Trinajstić information content (AvgIpc) is 3.16. The van der Waals surface area contributed by atoms with E-state index in [0.717, 1.165) is 11.3 Å². The summed E-state index contributed by atoms with van der Waals surface area (Å²) in [6.45, 7) is 0. The summed E-state index contributed by atoms with van der Waals surface area (Å²) < 4.78 is 20.9. The number of anilines is 1. The number of thioether (sulfide) groups is 1. The van der Waals surface area contributed by atoms with Crippen LogP contribution in [0.3, 0.4) is 0 Å². The molecule has 1 aromatic heterocycles. The van der Waals surface area contributed by atoms with Gasteiger partial charge in [-0.15, -0.1) is 10.2 Å². The largest absolute Gasteiger partial charge is 0.493 e. The Balaban J connectivity index is 2.02. The Morgan fingerprint density at radius 1 is 1.11 bits per heavy atom. The van der Waals surface area contributed by atoms with Crippen LogP contribution in [0.25, 0.3) is 6.08 Å². The van der Waals surface area contributed by atoms with Crippen molar-refractivity contribution in [3.8, 4) is 17.2 Å². The second kappa shape index (κ2) is 10.5. The van der Waals surface area contributed by atoms with Gasteiger partial charge in [-0.1, -0.05) is 23.1 Å². The van der Waals surface area contributed by atoms with Crippen LogP contribution in [0, 0.1) is 0 Å². The number of rotatable bonds is 9. The number of aromatic nitrogens is 2. The van der Waals surface area contributed by atoms with Gasteiger partial charge in [0.15, 0.2) is 15.8 Å². The molecule has 0 radical (unpaired) electrons. The smallest absolute Gasteiger partial charge is 0.316 e. The molecule has 0 bridgehead atoms. The normalized spacial score (nSPS) is 10.6. The maximum atomic E-state index is 12.1. The molecule has 9 nitrogen and oxygen atoms in total. The van der Waals surface area contributed by atoms with E-state index in [9.17, 15) is 9.59 Å². The zero-order chi connectivity index (χ0) is 20.5. The quantitative estimate of drug-likeness (QED) is 0.280. The lowest BCUT2D eigenvalue weighted by Crippen LogP contribution is -2.07. The molecular weight excluding hydrogens is 406 g/mol. The van der Waals surface area contributed by atoms with Crippen molar-refractivity contribution in [1.82, 2.24) is 10.2 Å². The third kappa shape index (κ3) is 5.86. The summed E-state index contributed by atoms with van der Waals surface area (Å²) in [6.07, 6.45) is 2.96. The molecule has 11 heteroatoms. The fraction of sp³-hybridized carbons (Fsp3) is 0.294. The minimum absolute atomic E-state index is 0.125. The second-order valence-corrected chi connectivity index (χ2v) is 7.22. The van der Waals surface area contributed by atoms with Crippen LogP contribution >= 0.6 is 23.1 Å². The van der Waals surface area contributed by atoms with Gasteiger partial charge in [-0.3, -0.25) is 14.9 Å². The summed E-state index contributed by atoms with van der Waals surface area (Å²) in [5.74, 6) is 0.822. The molecule has 0 fully saturated rings. The first kappa shape index (κ1) is 21.5. The Labute approximate surface area is 170 Å². The first-order chi connectivity index (χ1) is 13.5. The monoisotopic (exact) mass is 425 g/mol. The zero-order valence-corrected chi connectivity index (χ0v) is 17.3. The predicted molar refractivity (Wildman–Crippen MR) is 106 cm³/mol. The molecule has 0 atom stereocenters. The number of benzene rings is 1. The van der Waals surface area contributed by atoms with E-state index in [0.29, 0.717) is 32.3 Å². The molecule has 28 heavy (non-hydrogen) atoms. The highest BCUT2D eigenvalue weighted by Crippen LogP contribution is 2.38. The molecule has 0 aliphatic rings. The minimum Gasteiger partial charge on any atom is -0.493 e. The van der Waals surface area contributed by atoms with E-state index in [-0.39, 0.29) is 17.6 Å². The van der Waals surface area contributed by atoms with Crippen LogP contribution in [0.5, 0.6) is 17.2 Å². The standard InChI is InChI=1S/C17H19N3O6S2/c1-23-11-7-10(8-12(24-2)15(11)26-4)5-6-13(21)18-16-19-20-17(28-16)27-9-14(22)25-3/h5-8H,9H2,1-4H3,(H,18,19,21)/b6-5+. The number of carbonyl (C=O) groups excluding carboxylic acids is 2. The van der Waals surface area contributed by atoms with Crippen molar-refractivity contribution < 1.29 is 28.5 Å². The molecule has 0 spiro atoms. The summed E-state index contributed by atoms with van der Waals surface area (Å²) in [4.78, 5) is 23.2. The van der Waals surface area contributed by atoms with Crippen molar-refractivity contribution >= 4 is 46.2 Å². The Kier molecular flexibility index (Phi) is 8.08. The number of hydrogen-bond acceptors (Lipinski definition) is 10. The zero-order valence-electron chi connectivity index (χ0n) is 15.7. The van der Waals surface area contributed by atoms with Crippen LogP contribution in [-0.4, -0.2) is 56.3 Å². The van der Waals surface area contributed by atoms with Crippen molar-refractivity contribution in [1.29, 1.82) is 0 Å². The van der Waals surface area contributed by atoms with Gasteiger partial charge in [0.1, 0.15) is 0 Å². The molecule has 2 aromatic rings. The van der Waals surface area contributed by atoms with Gasteiger partial charge in [-0.25, -0.2) is 0 Å². The van der Waals surface area contributed by atoms with Crippen LogP contribution in [0.15, 0.2) is 22.5 Å². The van der Waals surface area contributed by atoms with Gasteiger partial charge in [-0.05, 0) is 23.8 Å². The van der Waals surface area contributed by atoms with E-state index in [1.165, 1.54) is 46.3 Å². The number of hydrogen-bond donors (Lipinski definition) is 1. The molecule has 0 aliphatic heterocycles. The molecule has 0 saturated heterocycles. The topological polar surface area (TPSA) is 109 Å². The SMILES string of the molecule is COC(=O)CSc1nnc(NC(=O)/C=C/c2cc(OC)c(OC)c(OC)c2)s1. The fourth-order valence-corrected chi connectivity index (χ4v) is 3.60. The number of carbonyl (C=O) groups is 2. The Morgan fingerprint density at radius 3 is 2.36 bits per heavy atom. The van der Waals surface area contributed by atoms with Crippen molar-refractivity contribution in [3.05, 3.63) is 23.8 Å². The molecule has 1 aromatic carbocycles. The Hall–Kier alpha value is -2.79. The van der Waals surface area contributed by atoms with Gasteiger partial charge in [0.25, 0.3) is 0 Å². The van der Waals surface area contributed by atoms with Crippen LogP contribution in [0.2, 0.25) is 0 Å². The highest BCUT2D eigenvalue weighted by atomic mass is 32.2. The first-order valence-electron chi connectivity index (χ1n) is 7.82. The van der Waals surface area contributed by atoms with E-state index in [1.54, 1.807) is 18.2 Å². The molecule has 0 aliphatic carbocycles. The lowest BCUT2D eigenvalue weighted by atomic mass is 10.1. The highest BCUT2D eigenvalue weighted by molar-refractivity contribution is 8.01. The molecule has 1 N–H and O–H groups in total. The number of ether oxygens (including phenoxy) is 4. The summed E-state index contributed by atoms with van der Waals surface area (Å²) in [6, 6.07) is 3.44. The van der Waals surface area contributed by atoms with E-state index in [4.69, 9.17) is 14.2 Å². The molecule has 0 unspecified atom stereocenters. The van der Waals surface area contributed by atoms with Gasteiger partial charge in [0, 0.05) is 6.08 Å². The molecule has 0 saturated carbocycles. The molecule has 1 amide bonds. The van der Waals surface area contributed by atoms with E-state index < -0.39 is 0 Å². The van der Waals surface area contributed by atoms with Gasteiger partial charge < -0.3 is 18.9 Å². The average molecular weight is 425 g/mol. The van der Waals surface area contributed by atoms with E-state index >= 15 is 0 Å². The summed E-state index contributed by atoms with van der Waals surface area (Å²) in [5, 5.41) is 10.7. The van der Waals surface area contributed by atoms with Crippen molar-refractivity contribution in [3.63, 3.8) is 0 Å². The van der Waals surface area contributed by atoms with Crippen molar-refractivity contribution in [2.75, 3.05) is 39.5 Å². The summed E-state index contributed by atoms with van der Waals surface area (Å²) in [7, 11) is 5.86. The van der Waals surface area contributed by atoms with E-state index in [1.807, 2.05) is 0 Å². The number of amides is 1. The van der Waals surface area contributed by atoms with Crippen LogP contribution in [0.1, 0.15) is 5.56 Å². The first-order valence-corrected chi connectivity index (χ1v) is 9.63. The Bertz CT molecular complexity index is 843. The molecular formula is C17H19N3O6S2. The number of esters is 1. The third-order valence-electron chi connectivity index (χ3n) is 3.29. The molecule has 150 valence electrons. The lowest BCUT2D eigenvalue weighted by molar-refractivity contribution is -0.137. The van der Waals surface area contributed by atoms with Gasteiger partial charge in [0.05, 0.1) is 34.2 Å². The second-order valence-electron chi connectivity index (χ2n) is 5.02. The fourth-order valence-electron chi connectivity index (χ4n) is 2.01. The molecule has 1 heterocycles. The van der Waals surface area contributed by atoms with Crippen LogP contribution < -0.4 is 19.5 Å². The number of methoxy groups -OCH3 is 4. The van der Waals surface area contributed by atoms with Crippen molar-refractivity contribution in [2.24, 2.45) is 0 Å². The lowest BCUT2D eigenvalue weighted by Gasteiger charge is -2.12. The maximum absolute atomic E-state index is 12.1. The van der Waals surface area contributed by atoms with E-state index in [2.05, 4.69) is 20.3 Å². The number of nitrogens with one attached hydrogen (secondary N) is 1.